The van der Waals surface area contributed by atoms with Crippen LogP contribution < -0.4 is 48.5 Å². The third-order valence-corrected chi connectivity index (χ3v) is 21.7. The number of hydrogen-bond acceptors (Lipinski definition) is 15. The average molecular weight is 1140 g/mol. The molecule has 11 aromatic rings. The number of benzene rings is 3. The van der Waals surface area contributed by atoms with Crippen molar-refractivity contribution in [3.8, 4) is 45.6 Å². The molecule has 8 heterocycles. The first-order valence-corrected chi connectivity index (χ1v) is 31.3. The second-order valence-electron chi connectivity index (χ2n) is 18.4. The van der Waals surface area contributed by atoms with Crippen LogP contribution in [0.2, 0.25) is 0 Å². The summed E-state index contributed by atoms with van der Waals surface area (Å²) in [6, 6.07) is 68.1. The zero-order valence-corrected chi connectivity index (χ0v) is 46.9. The SMILES string of the molecule is CCOC(=O)c1cccc(-c2cccc(P(=O)(c3ccccc3)c3cccc(-c4cccc(P(=O)(c5ccccc5)c5cccc(-c6cccc(P(=O)(c7ccccc7)c7cccc(-c8cccc(C(=O)OCC)n8)n7)n6)n5)n4)n3)n2)n1. The van der Waals surface area contributed by atoms with Gasteiger partial charge in [0.1, 0.15) is 44.0 Å². The van der Waals surface area contributed by atoms with Crippen LogP contribution in [0, 0.1) is 0 Å². The predicted octanol–water partition coefficient (Wildman–Crippen LogP) is 8.79. The van der Waals surface area contributed by atoms with Gasteiger partial charge in [-0.1, -0.05) is 140 Å². The van der Waals surface area contributed by atoms with Crippen LogP contribution in [0.5, 0.6) is 0 Å². The maximum Gasteiger partial charge on any atom is 0.356 e. The molecule has 0 N–H and O–H groups in total. The van der Waals surface area contributed by atoms with Gasteiger partial charge in [-0.15, -0.1) is 0 Å². The lowest BCUT2D eigenvalue weighted by molar-refractivity contribution is 0.0510. The second-order valence-corrected chi connectivity index (χ2v) is 26.3. The van der Waals surface area contributed by atoms with Crippen LogP contribution >= 0.6 is 21.4 Å². The van der Waals surface area contributed by atoms with Crippen LogP contribution in [-0.4, -0.2) is 65.0 Å². The minimum absolute atomic E-state index is 0.116. The van der Waals surface area contributed by atoms with E-state index in [0.29, 0.717) is 61.5 Å². The summed E-state index contributed by atoms with van der Waals surface area (Å²) in [6.07, 6.45) is 0. The average Bonchev–Trinajstić information content (AvgIpc) is 3.10. The van der Waals surface area contributed by atoms with Gasteiger partial charge in [0.15, 0.2) is 0 Å². The molecule has 18 heteroatoms. The van der Waals surface area contributed by atoms with Crippen LogP contribution in [0.25, 0.3) is 45.6 Å². The third-order valence-electron chi connectivity index (χ3n) is 13.2. The largest absolute Gasteiger partial charge is 0.461 e. The van der Waals surface area contributed by atoms with E-state index >= 15 is 13.7 Å². The van der Waals surface area contributed by atoms with E-state index in [-0.39, 0.29) is 57.2 Å². The summed E-state index contributed by atoms with van der Waals surface area (Å²) in [6.45, 7) is 3.82. The van der Waals surface area contributed by atoms with Crippen LogP contribution in [0.4, 0.5) is 0 Å². The van der Waals surface area contributed by atoms with E-state index in [2.05, 4.69) is 9.97 Å². The van der Waals surface area contributed by atoms with Gasteiger partial charge >= 0.3 is 11.9 Å². The molecule has 15 nitrogen and oxygen atoms in total. The fourth-order valence-corrected chi connectivity index (χ4v) is 16.6. The summed E-state index contributed by atoms with van der Waals surface area (Å²) in [5.41, 5.74) is 4.63. The van der Waals surface area contributed by atoms with Crippen LogP contribution in [-0.2, 0) is 23.2 Å². The first-order chi connectivity index (χ1) is 40.0. The van der Waals surface area contributed by atoms with Crippen molar-refractivity contribution < 1.29 is 32.8 Å². The van der Waals surface area contributed by atoms with Crippen LogP contribution in [0.1, 0.15) is 34.8 Å². The first-order valence-electron chi connectivity index (χ1n) is 26.1. The molecule has 402 valence electrons. The quantitative estimate of drug-likeness (QED) is 0.0617. The Bertz CT molecular complexity index is 4080. The molecular weight excluding hydrogens is 1090 g/mol. The van der Waals surface area contributed by atoms with E-state index < -0.39 is 33.4 Å². The Morgan fingerprint density at radius 3 is 0.707 bits per heavy atom. The fraction of sp³-hybridized carbons (Fsp3) is 0.0625. The summed E-state index contributed by atoms with van der Waals surface area (Å²) < 4.78 is 58.7. The highest BCUT2D eigenvalue weighted by molar-refractivity contribution is 7.85. The topological polar surface area (TPSA) is 207 Å². The predicted molar refractivity (Wildman–Crippen MR) is 321 cm³/mol. The standard InChI is InChI=1S/C64H49N8O7P3/c1-3-78-63(73)55-36-14-28-47(65-55)49-30-16-38-57(67-49)80(75,44-22-8-5-9-23-44)59-40-18-32-51(69-59)53-34-20-42-61(71-53)82(77,46-26-12-7-13-27-46)62-43-21-35-54(72-62)52-33-19-41-60(70-52)81(76,45-24-10-6-11-25-45)58-39-17-31-50(68-58)48-29-15-37-56(66-48)64(74)79-4-2/h5-43H,3-4H2,1-2H3. The Hall–Kier alpha value is -9.51. The molecule has 0 bridgehead atoms. The summed E-state index contributed by atoms with van der Waals surface area (Å²) in [4.78, 5) is 64.4. The number of carbonyl (C=O) groups excluding carboxylic acids is 2. The number of esters is 2. The molecule has 0 aliphatic rings. The van der Waals surface area contributed by atoms with Crippen LogP contribution in [0.15, 0.2) is 237 Å². The van der Waals surface area contributed by atoms with E-state index in [1.165, 1.54) is 0 Å². The summed E-state index contributed by atoms with van der Waals surface area (Å²) in [7, 11) is -11.6. The number of nitrogens with zero attached hydrogens (tertiary/aromatic N) is 8. The molecule has 0 aliphatic carbocycles. The monoisotopic (exact) mass is 1130 g/mol. The molecule has 0 amide bonds. The van der Waals surface area contributed by atoms with Gasteiger partial charge in [0.25, 0.3) is 0 Å². The summed E-state index contributed by atoms with van der Waals surface area (Å²) >= 11 is 0. The van der Waals surface area contributed by atoms with Gasteiger partial charge in [0.05, 0.1) is 58.8 Å². The highest BCUT2D eigenvalue weighted by atomic mass is 31.2. The number of aromatic nitrogens is 8. The molecule has 0 fully saturated rings. The molecule has 0 radical (unpaired) electrons. The molecule has 2 unspecified atom stereocenters. The molecule has 11 rings (SSSR count). The molecule has 2 atom stereocenters. The van der Waals surface area contributed by atoms with Crippen molar-refractivity contribution in [1.29, 1.82) is 0 Å². The molecule has 0 aliphatic heterocycles. The van der Waals surface area contributed by atoms with Crippen molar-refractivity contribution in [3.05, 3.63) is 248 Å². The lowest BCUT2D eigenvalue weighted by Gasteiger charge is -2.21. The molecule has 82 heavy (non-hydrogen) atoms. The van der Waals surface area contributed by atoms with E-state index in [9.17, 15) is 9.59 Å². The zero-order chi connectivity index (χ0) is 56.7. The minimum atomic E-state index is -3.93. The van der Waals surface area contributed by atoms with E-state index in [4.69, 9.17) is 39.4 Å². The van der Waals surface area contributed by atoms with Gasteiger partial charge in [-0.2, -0.15) is 0 Å². The van der Waals surface area contributed by atoms with E-state index in [1.807, 2.05) is 18.2 Å². The fourth-order valence-electron chi connectivity index (χ4n) is 9.30. The molecular formula is C64H49N8O7P3. The lowest BCUT2D eigenvalue weighted by Crippen LogP contribution is -2.30. The third kappa shape index (κ3) is 10.7. The Labute approximate surface area is 472 Å². The van der Waals surface area contributed by atoms with Gasteiger partial charge < -0.3 is 23.2 Å². The minimum Gasteiger partial charge on any atom is -0.461 e. The Kier molecular flexibility index (Phi) is 15.7. The highest BCUT2D eigenvalue weighted by Crippen LogP contribution is 2.45. The molecule has 0 saturated heterocycles. The van der Waals surface area contributed by atoms with Crippen molar-refractivity contribution in [2.75, 3.05) is 13.2 Å². The molecule has 3 aromatic carbocycles. The van der Waals surface area contributed by atoms with Gasteiger partial charge in [-0.25, -0.2) is 49.5 Å². The highest BCUT2D eigenvalue weighted by Gasteiger charge is 2.37. The zero-order valence-electron chi connectivity index (χ0n) is 44.2. The maximum atomic E-state index is 16.3. The summed E-state index contributed by atoms with van der Waals surface area (Å²) in [5.74, 6) is -1.14. The second kappa shape index (κ2) is 23.7. The van der Waals surface area contributed by atoms with Crippen molar-refractivity contribution in [1.82, 2.24) is 39.9 Å². The Morgan fingerprint density at radius 2 is 0.488 bits per heavy atom. The number of hydrogen-bond donors (Lipinski definition) is 0. The Balaban J connectivity index is 0.973. The normalized spacial score (nSPS) is 13.4. The summed E-state index contributed by atoms with van der Waals surface area (Å²) in [5, 5.41) is 1.44. The van der Waals surface area contributed by atoms with Gasteiger partial charge in [-0.3, -0.25) is 0 Å². The smallest absolute Gasteiger partial charge is 0.356 e. The number of ether oxygens (including phenoxy) is 2. The van der Waals surface area contributed by atoms with E-state index in [0.717, 1.165) is 0 Å². The van der Waals surface area contributed by atoms with Crippen molar-refractivity contribution in [2.24, 2.45) is 0 Å². The van der Waals surface area contributed by atoms with Crippen molar-refractivity contribution in [2.45, 2.75) is 13.8 Å². The van der Waals surface area contributed by atoms with Crippen molar-refractivity contribution in [3.63, 3.8) is 0 Å². The molecule has 0 saturated carbocycles. The Morgan fingerprint density at radius 1 is 0.280 bits per heavy atom. The number of pyridine rings is 8. The molecule has 8 aromatic heterocycles. The maximum absolute atomic E-state index is 16.3. The molecule has 0 spiro atoms. The number of carbonyl (C=O) groups is 2. The van der Waals surface area contributed by atoms with Crippen LogP contribution in [0.3, 0.4) is 0 Å². The van der Waals surface area contributed by atoms with Gasteiger partial charge in [0, 0.05) is 15.9 Å². The van der Waals surface area contributed by atoms with Gasteiger partial charge in [-0.05, 0) is 111 Å². The lowest BCUT2D eigenvalue weighted by atomic mass is 10.2. The number of rotatable bonds is 17. The van der Waals surface area contributed by atoms with Gasteiger partial charge in [0.2, 0.25) is 21.4 Å². The van der Waals surface area contributed by atoms with Crippen molar-refractivity contribution >= 4 is 81.9 Å². The van der Waals surface area contributed by atoms with E-state index in [1.54, 1.807) is 232 Å². The first kappa shape index (κ1) is 54.4.